The van der Waals surface area contributed by atoms with E-state index in [0.717, 1.165) is 16.7 Å². The number of aromatic hydroxyl groups is 1. The third kappa shape index (κ3) is 8.29. The average Bonchev–Trinajstić information content (AvgIpc) is 2.77. The van der Waals surface area contributed by atoms with Crippen LogP contribution in [0.2, 0.25) is 0 Å². The van der Waals surface area contributed by atoms with Crippen molar-refractivity contribution >= 4 is 42.8 Å². The van der Waals surface area contributed by atoms with Gasteiger partial charge in [0.1, 0.15) is 11.8 Å². The minimum absolute atomic E-state index is 0. The SMILES string of the molecule is Cl.Cl.NCCC[C@@H]1NC(=O)[C@@H](N)Cc2cc(ccc2O)-c2cccc(c2)C[C@H](OC(=O)O)NC1=O. The van der Waals surface area contributed by atoms with Gasteiger partial charge in [0.05, 0.1) is 6.04 Å². The van der Waals surface area contributed by atoms with Crippen molar-refractivity contribution in [2.45, 2.75) is 44.0 Å². The molecule has 0 fully saturated rings. The van der Waals surface area contributed by atoms with Gasteiger partial charge in [-0.05, 0) is 53.8 Å². The lowest BCUT2D eigenvalue weighted by molar-refractivity contribution is -0.131. The van der Waals surface area contributed by atoms with Crippen LogP contribution in [0.15, 0.2) is 42.5 Å². The maximum atomic E-state index is 12.9. The Kier molecular flexibility index (Phi) is 11.8. The highest BCUT2D eigenvalue weighted by atomic mass is 35.5. The Labute approximate surface area is 215 Å². The van der Waals surface area contributed by atoms with Crippen LogP contribution in [0.1, 0.15) is 24.0 Å². The number of benzene rings is 2. The van der Waals surface area contributed by atoms with Gasteiger partial charge in [-0.25, -0.2) is 4.79 Å². The number of fused-ring (bicyclic) bond motifs is 5. The van der Waals surface area contributed by atoms with Crippen LogP contribution in [0.5, 0.6) is 5.75 Å². The number of nitrogens with two attached hydrogens (primary N) is 2. The van der Waals surface area contributed by atoms with Crippen molar-refractivity contribution in [2.24, 2.45) is 11.5 Å². The van der Waals surface area contributed by atoms with Crippen LogP contribution >= 0.6 is 24.8 Å². The van der Waals surface area contributed by atoms with Gasteiger partial charge >= 0.3 is 6.16 Å². The Balaban J connectivity index is 0.00000306. The van der Waals surface area contributed by atoms with Crippen molar-refractivity contribution in [3.8, 4) is 16.9 Å². The van der Waals surface area contributed by atoms with Crippen LogP contribution in [0, 0.1) is 0 Å². The average molecular weight is 529 g/mol. The third-order valence-electron chi connectivity index (χ3n) is 5.41. The summed E-state index contributed by atoms with van der Waals surface area (Å²) >= 11 is 0. The van der Waals surface area contributed by atoms with E-state index in [0.29, 0.717) is 18.5 Å². The molecule has 2 aromatic carbocycles. The zero-order valence-electron chi connectivity index (χ0n) is 18.8. The molecule has 1 aliphatic heterocycles. The zero-order valence-corrected chi connectivity index (χ0v) is 20.4. The second-order valence-electron chi connectivity index (χ2n) is 7.93. The summed E-state index contributed by atoms with van der Waals surface area (Å²) in [7, 11) is 0. The Morgan fingerprint density at radius 3 is 2.43 bits per heavy atom. The summed E-state index contributed by atoms with van der Waals surface area (Å²) in [5.41, 5.74) is 14.4. The first-order valence-corrected chi connectivity index (χ1v) is 10.6. The van der Waals surface area contributed by atoms with Crippen LogP contribution in [0.25, 0.3) is 11.1 Å². The lowest BCUT2D eigenvalue weighted by atomic mass is 9.97. The predicted molar refractivity (Wildman–Crippen MR) is 135 cm³/mol. The maximum absolute atomic E-state index is 12.9. The number of hydrogen-bond acceptors (Lipinski definition) is 7. The van der Waals surface area contributed by atoms with Gasteiger partial charge in [0.2, 0.25) is 11.8 Å². The molecule has 192 valence electrons. The molecular formula is C23H30Cl2N4O6. The van der Waals surface area contributed by atoms with Gasteiger partial charge < -0.3 is 37.1 Å². The Morgan fingerprint density at radius 2 is 1.74 bits per heavy atom. The number of ether oxygens (including phenoxy) is 1. The molecule has 4 bridgehead atoms. The number of amides is 2. The first kappa shape index (κ1) is 30.0. The molecular weight excluding hydrogens is 499 g/mol. The fourth-order valence-electron chi connectivity index (χ4n) is 3.72. The van der Waals surface area contributed by atoms with Gasteiger partial charge in [-0.1, -0.05) is 30.3 Å². The van der Waals surface area contributed by atoms with Gasteiger partial charge in [-0.15, -0.1) is 24.8 Å². The molecule has 3 atom stereocenters. The van der Waals surface area contributed by atoms with E-state index < -0.39 is 36.3 Å². The quantitative estimate of drug-likeness (QED) is 0.324. The Morgan fingerprint density at radius 1 is 1.03 bits per heavy atom. The van der Waals surface area contributed by atoms with Gasteiger partial charge in [0.15, 0.2) is 6.23 Å². The van der Waals surface area contributed by atoms with E-state index in [1.807, 2.05) is 12.1 Å². The number of carboxylic acid groups (broad SMARTS) is 1. The van der Waals surface area contributed by atoms with Crippen molar-refractivity contribution in [1.82, 2.24) is 10.6 Å². The van der Waals surface area contributed by atoms with Crippen molar-refractivity contribution in [3.63, 3.8) is 0 Å². The van der Waals surface area contributed by atoms with Gasteiger partial charge in [0, 0.05) is 12.8 Å². The van der Waals surface area contributed by atoms with Gasteiger partial charge in [-0.3, -0.25) is 9.59 Å². The third-order valence-corrected chi connectivity index (χ3v) is 5.41. The summed E-state index contributed by atoms with van der Waals surface area (Å²) in [6.45, 7) is 0.300. The molecule has 8 N–H and O–H groups in total. The molecule has 2 aromatic rings. The highest BCUT2D eigenvalue weighted by Gasteiger charge is 2.27. The second-order valence-corrected chi connectivity index (χ2v) is 7.93. The molecule has 0 radical (unpaired) electrons. The van der Waals surface area contributed by atoms with E-state index in [1.54, 1.807) is 24.3 Å². The minimum atomic E-state index is -1.54. The molecule has 2 amide bonds. The summed E-state index contributed by atoms with van der Waals surface area (Å²) in [6, 6.07) is 10.3. The van der Waals surface area contributed by atoms with Crippen molar-refractivity contribution in [2.75, 3.05) is 6.54 Å². The number of phenolic OH excluding ortho intramolecular Hbond substituents is 1. The van der Waals surface area contributed by atoms with E-state index in [-0.39, 0.29) is 49.8 Å². The molecule has 0 aliphatic carbocycles. The zero-order chi connectivity index (χ0) is 24.0. The number of hydrogen-bond donors (Lipinski definition) is 6. The van der Waals surface area contributed by atoms with E-state index in [9.17, 15) is 19.5 Å². The fraction of sp³-hybridized carbons (Fsp3) is 0.348. The van der Waals surface area contributed by atoms with Crippen LogP contribution in [-0.4, -0.2) is 53.0 Å². The maximum Gasteiger partial charge on any atom is 0.507 e. The normalized spacial score (nSPS) is 20.0. The number of rotatable bonds is 4. The van der Waals surface area contributed by atoms with Crippen LogP contribution in [-0.2, 0) is 27.2 Å². The number of phenols is 1. The summed E-state index contributed by atoms with van der Waals surface area (Å²) in [4.78, 5) is 36.9. The van der Waals surface area contributed by atoms with E-state index in [4.69, 9.17) is 21.3 Å². The van der Waals surface area contributed by atoms with Crippen LogP contribution in [0.3, 0.4) is 0 Å². The molecule has 3 rings (SSSR count). The number of nitrogens with one attached hydrogen (secondary N) is 2. The summed E-state index contributed by atoms with van der Waals surface area (Å²) in [5, 5.41) is 24.6. The molecule has 1 aliphatic rings. The van der Waals surface area contributed by atoms with Gasteiger partial charge in [-0.2, -0.15) is 0 Å². The van der Waals surface area contributed by atoms with Gasteiger partial charge in [0.25, 0.3) is 0 Å². The molecule has 0 aromatic heterocycles. The van der Waals surface area contributed by atoms with Crippen LogP contribution < -0.4 is 22.1 Å². The Bertz CT molecular complexity index is 1040. The molecule has 12 heteroatoms. The second kappa shape index (κ2) is 13.7. The summed E-state index contributed by atoms with van der Waals surface area (Å²) < 4.78 is 4.89. The van der Waals surface area contributed by atoms with Crippen LogP contribution in [0.4, 0.5) is 4.79 Å². The van der Waals surface area contributed by atoms with E-state index in [1.165, 1.54) is 6.07 Å². The monoisotopic (exact) mass is 528 g/mol. The Hall–Kier alpha value is -3.05. The minimum Gasteiger partial charge on any atom is -0.508 e. The molecule has 0 saturated heterocycles. The standard InChI is InChI=1S/C23H28N4O6.2ClH/c24-8-2-5-18-22(30)27-20(33-23(31)32)10-13-3-1-4-14(9-13)15-6-7-19(28)16(11-15)12-17(25)21(29)26-18;;/h1,3-4,6-7,9,11,17-18,20,28H,2,5,8,10,12,24-25H2,(H,26,29)(H,27,30)(H,31,32);2*1H/t17-,18-,20-;;/m0../s1. The molecule has 1 heterocycles. The summed E-state index contributed by atoms with van der Waals surface area (Å²) in [6.07, 6.45) is -1.90. The fourth-order valence-corrected chi connectivity index (χ4v) is 3.72. The first-order chi connectivity index (χ1) is 15.8. The van der Waals surface area contributed by atoms with E-state index in [2.05, 4.69) is 10.6 Å². The molecule has 0 unspecified atom stereocenters. The topological polar surface area (TPSA) is 177 Å². The van der Waals surface area contributed by atoms with Crippen molar-refractivity contribution in [3.05, 3.63) is 53.6 Å². The molecule has 10 nitrogen and oxygen atoms in total. The predicted octanol–water partition coefficient (Wildman–Crippen LogP) is 1.69. The largest absolute Gasteiger partial charge is 0.508 e. The molecule has 0 saturated carbocycles. The number of halogens is 2. The molecule has 35 heavy (non-hydrogen) atoms. The lowest BCUT2D eigenvalue weighted by Crippen LogP contribution is -2.54. The summed E-state index contributed by atoms with van der Waals surface area (Å²) in [5.74, 6) is -1.18. The van der Waals surface area contributed by atoms with Crippen molar-refractivity contribution in [1.29, 1.82) is 0 Å². The first-order valence-electron chi connectivity index (χ1n) is 10.6. The number of carbonyl (C=O) groups is 3. The smallest absolute Gasteiger partial charge is 0.507 e. The molecule has 0 spiro atoms. The highest BCUT2D eigenvalue weighted by molar-refractivity contribution is 5.90. The van der Waals surface area contributed by atoms with Crippen molar-refractivity contribution < 1.29 is 29.3 Å². The van der Waals surface area contributed by atoms with E-state index >= 15 is 0 Å². The highest BCUT2D eigenvalue weighted by Crippen LogP contribution is 2.28. The number of carbonyl (C=O) groups excluding carboxylic acids is 2. The lowest BCUT2D eigenvalue weighted by Gasteiger charge is -2.24.